The summed E-state index contributed by atoms with van der Waals surface area (Å²) in [6, 6.07) is 17.6. The number of carbonyl (C=O) groups excluding carboxylic acids is 1. The fourth-order valence-corrected chi connectivity index (χ4v) is 2.42. The van der Waals surface area contributed by atoms with Crippen LogP contribution in [0.25, 0.3) is 5.69 Å². The molecule has 0 aliphatic heterocycles. The van der Waals surface area contributed by atoms with Crippen LogP contribution in [-0.2, 0) is 0 Å². The Hall–Kier alpha value is -2.95. The van der Waals surface area contributed by atoms with E-state index in [2.05, 4.69) is 17.3 Å². The van der Waals surface area contributed by atoms with Crippen LogP contribution in [0.15, 0.2) is 66.9 Å². The molecule has 3 aromatic rings. The number of nitrogens with one attached hydrogen (secondary N) is 1. The van der Waals surface area contributed by atoms with Gasteiger partial charge in [0, 0.05) is 12.7 Å². The van der Waals surface area contributed by atoms with Crippen LogP contribution in [0, 0.1) is 5.82 Å². The van der Waals surface area contributed by atoms with Gasteiger partial charge in [0.1, 0.15) is 5.82 Å². The largest absolute Gasteiger partial charge is 0.350 e. The van der Waals surface area contributed by atoms with Crippen molar-refractivity contribution in [3.8, 4) is 5.69 Å². The zero-order valence-corrected chi connectivity index (χ0v) is 13.3. The smallest absolute Gasteiger partial charge is 0.271 e. The minimum Gasteiger partial charge on any atom is -0.350 e. The Bertz CT molecular complexity index is 812. The van der Waals surface area contributed by atoms with Gasteiger partial charge in [-0.2, -0.15) is 5.10 Å². The first-order valence-corrected chi connectivity index (χ1v) is 7.78. The van der Waals surface area contributed by atoms with E-state index < -0.39 is 0 Å². The van der Waals surface area contributed by atoms with Crippen LogP contribution in [0.3, 0.4) is 0 Å². The molecule has 1 atom stereocenters. The molecule has 4 nitrogen and oxygen atoms in total. The number of rotatable bonds is 5. The van der Waals surface area contributed by atoms with E-state index in [4.69, 9.17) is 0 Å². The summed E-state index contributed by atoms with van der Waals surface area (Å²) in [6.45, 7) is 2.60. The molecule has 1 unspecified atom stereocenters. The molecule has 0 aliphatic rings. The molecule has 0 saturated heterocycles. The van der Waals surface area contributed by atoms with Crippen LogP contribution in [0.1, 0.15) is 28.9 Å². The van der Waals surface area contributed by atoms with E-state index in [1.54, 1.807) is 29.1 Å². The second-order valence-corrected chi connectivity index (χ2v) is 5.64. The molecule has 0 saturated carbocycles. The zero-order chi connectivity index (χ0) is 16.9. The van der Waals surface area contributed by atoms with E-state index in [0.29, 0.717) is 17.9 Å². The van der Waals surface area contributed by atoms with Crippen LogP contribution in [-0.4, -0.2) is 22.2 Å². The minimum absolute atomic E-state index is 0.217. The monoisotopic (exact) mass is 323 g/mol. The molecule has 0 fully saturated rings. The summed E-state index contributed by atoms with van der Waals surface area (Å²) in [5.41, 5.74) is 2.21. The first kappa shape index (κ1) is 15.9. The summed E-state index contributed by atoms with van der Waals surface area (Å²) in [4.78, 5) is 12.2. The summed E-state index contributed by atoms with van der Waals surface area (Å²) >= 11 is 0. The Labute approximate surface area is 139 Å². The molecule has 2 aromatic carbocycles. The number of aromatic nitrogens is 2. The maximum atomic E-state index is 13.0. The normalized spacial score (nSPS) is 11.9. The van der Waals surface area contributed by atoms with E-state index in [1.807, 2.05) is 30.3 Å². The predicted molar refractivity (Wildman–Crippen MR) is 90.7 cm³/mol. The molecule has 1 amide bonds. The second-order valence-electron chi connectivity index (χ2n) is 5.64. The molecular weight excluding hydrogens is 305 g/mol. The highest BCUT2D eigenvalue weighted by molar-refractivity contribution is 5.92. The highest BCUT2D eigenvalue weighted by atomic mass is 19.1. The Morgan fingerprint density at radius 1 is 1.12 bits per heavy atom. The number of hydrogen-bond donors (Lipinski definition) is 1. The van der Waals surface area contributed by atoms with Crippen molar-refractivity contribution in [2.45, 2.75) is 12.8 Å². The highest BCUT2D eigenvalue weighted by Gasteiger charge is 2.12. The Balaban J connectivity index is 1.63. The topological polar surface area (TPSA) is 46.9 Å². The Kier molecular flexibility index (Phi) is 4.70. The van der Waals surface area contributed by atoms with Gasteiger partial charge in [-0.1, -0.05) is 37.3 Å². The summed E-state index contributed by atoms with van der Waals surface area (Å²) in [5.74, 6) is -0.313. The molecule has 1 heterocycles. The molecule has 122 valence electrons. The molecule has 0 aliphatic carbocycles. The molecule has 24 heavy (non-hydrogen) atoms. The fraction of sp³-hybridized carbons (Fsp3) is 0.158. The molecule has 1 N–H and O–H groups in total. The number of amides is 1. The van der Waals surface area contributed by atoms with Crippen molar-refractivity contribution in [3.63, 3.8) is 0 Å². The molecular formula is C19H18FN3O. The van der Waals surface area contributed by atoms with Crippen molar-refractivity contribution in [3.05, 3.63) is 83.9 Å². The quantitative estimate of drug-likeness (QED) is 0.780. The lowest BCUT2D eigenvalue weighted by Gasteiger charge is -2.12. The third kappa shape index (κ3) is 3.68. The van der Waals surface area contributed by atoms with Crippen LogP contribution in [0.4, 0.5) is 4.39 Å². The van der Waals surface area contributed by atoms with Gasteiger partial charge in [0.05, 0.1) is 5.69 Å². The lowest BCUT2D eigenvalue weighted by Crippen LogP contribution is -2.28. The summed E-state index contributed by atoms with van der Waals surface area (Å²) < 4.78 is 14.5. The van der Waals surface area contributed by atoms with Crippen molar-refractivity contribution in [2.24, 2.45) is 0 Å². The van der Waals surface area contributed by atoms with Gasteiger partial charge in [-0.05, 0) is 41.8 Å². The number of benzene rings is 2. The van der Waals surface area contributed by atoms with Crippen LogP contribution in [0.2, 0.25) is 0 Å². The van der Waals surface area contributed by atoms with Crippen LogP contribution in [0.5, 0.6) is 0 Å². The third-order valence-electron chi connectivity index (χ3n) is 3.85. The first-order valence-electron chi connectivity index (χ1n) is 7.78. The van der Waals surface area contributed by atoms with Gasteiger partial charge in [0.15, 0.2) is 5.69 Å². The van der Waals surface area contributed by atoms with Crippen LogP contribution >= 0.6 is 0 Å². The average molecular weight is 323 g/mol. The lowest BCUT2D eigenvalue weighted by atomic mass is 10.0. The average Bonchev–Trinajstić information content (AvgIpc) is 3.11. The predicted octanol–water partition coefficient (Wildman–Crippen LogP) is 3.54. The Morgan fingerprint density at radius 2 is 1.83 bits per heavy atom. The van der Waals surface area contributed by atoms with E-state index in [1.165, 1.54) is 17.7 Å². The lowest BCUT2D eigenvalue weighted by molar-refractivity contribution is 0.0946. The van der Waals surface area contributed by atoms with E-state index in [-0.39, 0.29) is 17.6 Å². The fourth-order valence-electron chi connectivity index (χ4n) is 2.42. The molecule has 3 rings (SSSR count). The van der Waals surface area contributed by atoms with Gasteiger partial charge in [-0.3, -0.25) is 4.79 Å². The standard InChI is InChI=1S/C19H18FN3O/c1-14(15-5-3-2-4-6-15)13-21-19(24)18-11-12-23(22-18)17-9-7-16(20)8-10-17/h2-12,14H,13H2,1H3,(H,21,24). The van der Waals surface area contributed by atoms with E-state index in [9.17, 15) is 9.18 Å². The number of halogens is 1. The van der Waals surface area contributed by atoms with Gasteiger partial charge >= 0.3 is 0 Å². The summed E-state index contributed by atoms with van der Waals surface area (Å²) in [6.07, 6.45) is 1.68. The van der Waals surface area contributed by atoms with Gasteiger partial charge < -0.3 is 5.32 Å². The SMILES string of the molecule is CC(CNC(=O)c1ccn(-c2ccc(F)cc2)n1)c1ccccc1. The summed E-state index contributed by atoms with van der Waals surface area (Å²) in [5, 5.41) is 7.14. The van der Waals surface area contributed by atoms with Crippen molar-refractivity contribution >= 4 is 5.91 Å². The maximum Gasteiger partial charge on any atom is 0.271 e. The Morgan fingerprint density at radius 3 is 2.54 bits per heavy atom. The highest BCUT2D eigenvalue weighted by Crippen LogP contribution is 2.13. The number of carbonyl (C=O) groups is 1. The minimum atomic E-state index is -0.307. The second kappa shape index (κ2) is 7.08. The number of hydrogen-bond acceptors (Lipinski definition) is 2. The van der Waals surface area contributed by atoms with Gasteiger partial charge in [-0.25, -0.2) is 9.07 Å². The van der Waals surface area contributed by atoms with Gasteiger partial charge in [0.2, 0.25) is 0 Å². The molecule has 0 bridgehead atoms. The summed E-state index contributed by atoms with van der Waals surface area (Å²) in [7, 11) is 0. The molecule has 0 spiro atoms. The molecule has 0 radical (unpaired) electrons. The van der Waals surface area contributed by atoms with Crippen molar-refractivity contribution in [1.82, 2.24) is 15.1 Å². The van der Waals surface area contributed by atoms with Crippen LogP contribution < -0.4 is 5.32 Å². The van der Waals surface area contributed by atoms with Crippen molar-refractivity contribution < 1.29 is 9.18 Å². The van der Waals surface area contributed by atoms with E-state index >= 15 is 0 Å². The van der Waals surface area contributed by atoms with E-state index in [0.717, 1.165) is 0 Å². The maximum absolute atomic E-state index is 13.0. The molecule has 1 aromatic heterocycles. The van der Waals surface area contributed by atoms with Crippen molar-refractivity contribution in [1.29, 1.82) is 0 Å². The van der Waals surface area contributed by atoms with Gasteiger partial charge in [0.25, 0.3) is 5.91 Å². The zero-order valence-electron chi connectivity index (χ0n) is 13.3. The number of nitrogens with zero attached hydrogens (tertiary/aromatic N) is 2. The third-order valence-corrected chi connectivity index (χ3v) is 3.85. The first-order chi connectivity index (χ1) is 11.6. The molecule has 5 heteroatoms. The van der Waals surface area contributed by atoms with Gasteiger partial charge in [-0.15, -0.1) is 0 Å². The van der Waals surface area contributed by atoms with Crippen molar-refractivity contribution in [2.75, 3.05) is 6.54 Å².